The predicted octanol–water partition coefficient (Wildman–Crippen LogP) is 3.01. The first-order valence-electron chi connectivity index (χ1n) is 12.3. The average Bonchev–Trinajstić information content (AvgIpc) is 3.30. The molecule has 9 nitrogen and oxygen atoms in total. The van der Waals surface area contributed by atoms with Crippen LogP contribution in [0.4, 0.5) is 11.4 Å². The average molecular weight is 490 g/mol. The van der Waals surface area contributed by atoms with Gasteiger partial charge in [0.15, 0.2) is 5.69 Å². The summed E-state index contributed by atoms with van der Waals surface area (Å²) < 4.78 is 12.0. The van der Waals surface area contributed by atoms with E-state index >= 15 is 0 Å². The van der Waals surface area contributed by atoms with Crippen molar-refractivity contribution in [1.82, 2.24) is 14.7 Å². The lowest BCUT2D eigenvalue weighted by atomic mass is 10.0. The highest BCUT2D eigenvalue weighted by Crippen LogP contribution is 2.31. The number of esters is 1. The highest BCUT2D eigenvalue weighted by Gasteiger charge is 2.35. The number of anilines is 2. The molecular weight excluding hydrogens is 458 g/mol. The van der Waals surface area contributed by atoms with Crippen molar-refractivity contribution in [1.29, 1.82) is 0 Å². The standard InChI is InChI=1S/C27H31N5O4/c1-4-36-27(34)24-23-13-14-31(20-7-5-19(6-8-20)30-17-15-29(2)16-18-30)26(33)25(23)32(28-24)21-9-11-22(35-3)12-10-21/h5-12H,4,13-18H2,1-3H3. The lowest BCUT2D eigenvalue weighted by Crippen LogP contribution is -2.44. The summed E-state index contributed by atoms with van der Waals surface area (Å²) in [6.07, 6.45) is 0.506. The number of ether oxygens (including phenoxy) is 2. The first kappa shape index (κ1) is 23.9. The van der Waals surface area contributed by atoms with E-state index in [-0.39, 0.29) is 18.2 Å². The molecule has 36 heavy (non-hydrogen) atoms. The molecular formula is C27H31N5O4. The molecule has 3 aromatic rings. The Morgan fingerprint density at radius 2 is 1.56 bits per heavy atom. The van der Waals surface area contributed by atoms with Crippen LogP contribution in [0.3, 0.4) is 0 Å². The SMILES string of the molecule is CCOC(=O)c1nn(-c2ccc(OC)cc2)c2c1CCN(c1ccc(N3CCN(C)CC3)cc1)C2=O. The van der Waals surface area contributed by atoms with Gasteiger partial charge in [0.25, 0.3) is 5.91 Å². The molecule has 5 rings (SSSR count). The van der Waals surface area contributed by atoms with Gasteiger partial charge in [-0.25, -0.2) is 9.48 Å². The van der Waals surface area contributed by atoms with Crippen molar-refractivity contribution in [2.75, 3.05) is 63.3 Å². The molecule has 0 aliphatic carbocycles. The van der Waals surface area contributed by atoms with Crippen molar-refractivity contribution in [3.8, 4) is 11.4 Å². The highest BCUT2D eigenvalue weighted by atomic mass is 16.5. The quantitative estimate of drug-likeness (QED) is 0.493. The molecule has 0 atom stereocenters. The Kier molecular flexibility index (Phi) is 6.65. The van der Waals surface area contributed by atoms with Gasteiger partial charge in [0.1, 0.15) is 11.4 Å². The minimum Gasteiger partial charge on any atom is -0.497 e. The minimum absolute atomic E-state index is 0.192. The van der Waals surface area contributed by atoms with Gasteiger partial charge in [-0.05, 0) is 68.9 Å². The number of carbonyl (C=O) groups excluding carboxylic acids is 2. The first-order chi connectivity index (χ1) is 17.5. The smallest absolute Gasteiger partial charge is 0.359 e. The number of benzene rings is 2. The van der Waals surface area contributed by atoms with Crippen molar-refractivity contribution in [3.05, 3.63) is 65.5 Å². The Bertz CT molecular complexity index is 1240. The van der Waals surface area contributed by atoms with Crippen LogP contribution in [0.2, 0.25) is 0 Å². The van der Waals surface area contributed by atoms with Gasteiger partial charge in [-0.15, -0.1) is 0 Å². The molecule has 0 saturated carbocycles. The number of fused-ring (bicyclic) bond motifs is 1. The Balaban J connectivity index is 1.47. The largest absolute Gasteiger partial charge is 0.497 e. The monoisotopic (exact) mass is 489 g/mol. The predicted molar refractivity (Wildman–Crippen MR) is 138 cm³/mol. The molecule has 9 heteroatoms. The number of amides is 1. The van der Waals surface area contributed by atoms with Crippen LogP contribution in [-0.4, -0.2) is 80.0 Å². The fourth-order valence-electron chi connectivity index (χ4n) is 4.79. The van der Waals surface area contributed by atoms with Crippen molar-refractivity contribution in [2.45, 2.75) is 13.3 Å². The summed E-state index contributed by atoms with van der Waals surface area (Å²) in [7, 11) is 3.74. The van der Waals surface area contributed by atoms with Crippen molar-refractivity contribution in [3.63, 3.8) is 0 Å². The van der Waals surface area contributed by atoms with E-state index in [9.17, 15) is 9.59 Å². The van der Waals surface area contributed by atoms with E-state index < -0.39 is 5.97 Å². The number of piperazine rings is 1. The number of rotatable bonds is 6. The minimum atomic E-state index is -0.515. The van der Waals surface area contributed by atoms with Gasteiger partial charge >= 0.3 is 5.97 Å². The summed E-state index contributed by atoms with van der Waals surface area (Å²) in [4.78, 5) is 32.9. The van der Waals surface area contributed by atoms with Crippen LogP contribution in [0.25, 0.3) is 5.69 Å². The lowest BCUT2D eigenvalue weighted by molar-refractivity contribution is 0.0517. The summed E-state index contributed by atoms with van der Waals surface area (Å²) in [5, 5.41) is 4.54. The normalized spacial score (nSPS) is 16.1. The second-order valence-electron chi connectivity index (χ2n) is 9.02. The molecule has 1 aromatic heterocycles. The van der Waals surface area contributed by atoms with Crippen LogP contribution in [0.5, 0.6) is 5.75 Å². The topological polar surface area (TPSA) is 80.1 Å². The molecule has 1 fully saturated rings. The zero-order chi connectivity index (χ0) is 25.2. The third-order valence-electron chi connectivity index (χ3n) is 6.83. The Labute approximate surface area is 210 Å². The summed E-state index contributed by atoms with van der Waals surface area (Å²) in [6, 6.07) is 15.4. The lowest BCUT2D eigenvalue weighted by Gasteiger charge is -2.34. The molecule has 0 spiro atoms. The van der Waals surface area contributed by atoms with Gasteiger partial charge < -0.3 is 24.2 Å². The van der Waals surface area contributed by atoms with Gasteiger partial charge in [0.05, 0.1) is 19.4 Å². The van der Waals surface area contributed by atoms with Crippen molar-refractivity contribution < 1.29 is 19.1 Å². The maximum atomic E-state index is 13.8. The first-order valence-corrected chi connectivity index (χ1v) is 12.3. The van der Waals surface area contributed by atoms with Crippen LogP contribution >= 0.6 is 0 Å². The number of carbonyl (C=O) groups is 2. The molecule has 0 N–H and O–H groups in total. The van der Waals surface area contributed by atoms with Gasteiger partial charge in [-0.1, -0.05) is 0 Å². The third kappa shape index (κ3) is 4.42. The maximum Gasteiger partial charge on any atom is 0.359 e. The summed E-state index contributed by atoms with van der Waals surface area (Å²) in [6.45, 7) is 6.49. The molecule has 3 heterocycles. The molecule has 0 unspecified atom stereocenters. The number of hydrogen-bond donors (Lipinski definition) is 0. The number of aromatic nitrogens is 2. The molecule has 188 valence electrons. The van der Waals surface area contributed by atoms with Crippen LogP contribution in [-0.2, 0) is 11.2 Å². The Morgan fingerprint density at radius 1 is 0.917 bits per heavy atom. The molecule has 0 radical (unpaired) electrons. The van der Waals surface area contributed by atoms with E-state index in [1.165, 1.54) is 0 Å². The van der Waals surface area contributed by atoms with E-state index in [2.05, 4.69) is 34.1 Å². The molecule has 2 aromatic carbocycles. The Hall–Kier alpha value is -3.85. The number of methoxy groups -OCH3 is 1. The second kappa shape index (κ2) is 10.0. The zero-order valence-electron chi connectivity index (χ0n) is 20.9. The fourth-order valence-corrected chi connectivity index (χ4v) is 4.79. The highest BCUT2D eigenvalue weighted by molar-refractivity contribution is 6.09. The van der Waals surface area contributed by atoms with Crippen molar-refractivity contribution >= 4 is 23.3 Å². The Morgan fingerprint density at radius 3 is 2.19 bits per heavy atom. The number of nitrogens with zero attached hydrogens (tertiary/aromatic N) is 5. The van der Waals surface area contributed by atoms with Gasteiger partial charge in [0, 0.05) is 49.7 Å². The molecule has 1 amide bonds. The molecule has 2 aliphatic heterocycles. The van der Waals surface area contributed by atoms with E-state index in [4.69, 9.17) is 9.47 Å². The van der Waals surface area contributed by atoms with Crippen LogP contribution in [0.15, 0.2) is 48.5 Å². The molecule has 1 saturated heterocycles. The molecule has 0 bridgehead atoms. The number of hydrogen-bond acceptors (Lipinski definition) is 7. The van der Waals surface area contributed by atoms with E-state index in [0.717, 1.165) is 37.6 Å². The van der Waals surface area contributed by atoms with Gasteiger partial charge in [0.2, 0.25) is 0 Å². The second-order valence-corrected chi connectivity index (χ2v) is 9.02. The van der Waals surface area contributed by atoms with E-state index in [1.54, 1.807) is 35.7 Å². The zero-order valence-corrected chi connectivity index (χ0v) is 20.9. The van der Waals surface area contributed by atoms with Crippen LogP contribution in [0, 0.1) is 0 Å². The van der Waals surface area contributed by atoms with E-state index in [0.29, 0.717) is 35.7 Å². The number of likely N-dealkylation sites (N-methyl/N-ethyl adjacent to an activating group) is 1. The summed E-state index contributed by atoms with van der Waals surface area (Å²) in [5.41, 5.74) is 3.86. The molecule has 2 aliphatic rings. The van der Waals surface area contributed by atoms with Crippen LogP contribution in [0.1, 0.15) is 33.5 Å². The van der Waals surface area contributed by atoms with Gasteiger partial charge in [-0.2, -0.15) is 5.10 Å². The van der Waals surface area contributed by atoms with E-state index in [1.807, 2.05) is 24.3 Å². The van der Waals surface area contributed by atoms with Crippen LogP contribution < -0.4 is 14.5 Å². The summed E-state index contributed by atoms with van der Waals surface area (Å²) >= 11 is 0. The fraction of sp³-hybridized carbons (Fsp3) is 0.370. The maximum absolute atomic E-state index is 13.8. The summed E-state index contributed by atoms with van der Waals surface area (Å²) in [5.74, 6) is -0.0139. The van der Waals surface area contributed by atoms with Gasteiger partial charge in [-0.3, -0.25) is 4.79 Å². The van der Waals surface area contributed by atoms with Crippen molar-refractivity contribution in [2.24, 2.45) is 0 Å². The third-order valence-corrected chi connectivity index (χ3v) is 6.83.